The van der Waals surface area contributed by atoms with Crippen molar-refractivity contribution in [1.29, 1.82) is 0 Å². The van der Waals surface area contributed by atoms with E-state index in [2.05, 4.69) is 36.3 Å². The molecule has 2 amide bonds. The van der Waals surface area contributed by atoms with Crippen molar-refractivity contribution in [2.24, 2.45) is 5.14 Å². The van der Waals surface area contributed by atoms with Gasteiger partial charge in [-0.1, -0.05) is 36.4 Å². The van der Waals surface area contributed by atoms with Crippen LogP contribution in [0.15, 0.2) is 65.8 Å². The van der Waals surface area contributed by atoms with Gasteiger partial charge < -0.3 is 45.8 Å². The summed E-state index contributed by atoms with van der Waals surface area (Å²) in [7, 11) is -3.95. The van der Waals surface area contributed by atoms with E-state index in [-0.39, 0.29) is 35.5 Å². The van der Waals surface area contributed by atoms with Crippen LogP contribution in [0.4, 0.5) is 22.2 Å². The summed E-state index contributed by atoms with van der Waals surface area (Å²) >= 11 is 0. The molecule has 7 rings (SSSR count). The van der Waals surface area contributed by atoms with Crippen LogP contribution in [0.2, 0.25) is 0 Å². The van der Waals surface area contributed by atoms with Gasteiger partial charge in [0.05, 0.1) is 29.9 Å². The highest BCUT2D eigenvalue weighted by atomic mass is 32.2. The molecule has 20 nitrogen and oxygen atoms in total. The number of carbonyl (C=O) groups excluding carboxylic acids is 1. The van der Waals surface area contributed by atoms with Crippen molar-refractivity contribution in [3.8, 4) is 0 Å². The third kappa shape index (κ3) is 7.75. The van der Waals surface area contributed by atoms with E-state index < -0.39 is 53.0 Å². The summed E-state index contributed by atoms with van der Waals surface area (Å²) in [5, 5.41) is 68.0. The lowest BCUT2D eigenvalue weighted by atomic mass is 10.1. The molecule has 0 unspecified atom stereocenters. The molecular formula is C32H39N13O7S. The number of imidazole rings is 1. The lowest BCUT2D eigenvalue weighted by Crippen LogP contribution is -2.40. The number of fused-ring (bicyclic) bond motifs is 1. The minimum atomic E-state index is -3.95. The Hall–Kier alpha value is -5.32. The van der Waals surface area contributed by atoms with E-state index in [0.29, 0.717) is 48.9 Å². The zero-order valence-electron chi connectivity index (χ0n) is 28.2. The van der Waals surface area contributed by atoms with Crippen molar-refractivity contribution in [2.75, 3.05) is 35.2 Å². The molecule has 53 heavy (non-hydrogen) atoms. The van der Waals surface area contributed by atoms with E-state index >= 15 is 0 Å². The van der Waals surface area contributed by atoms with Gasteiger partial charge in [-0.3, -0.25) is 0 Å². The Bertz CT molecular complexity index is 2180. The highest BCUT2D eigenvalue weighted by Crippen LogP contribution is 2.40. The maximum atomic E-state index is 12.9. The fourth-order valence-corrected chi connectivity index (χ4v) is 7.32. The van der Waals surface area contributed by atoms with Crippen LogP contribution in [-0.2, 0) is 23.1 Å². The molecular weight excluding hydrogens is 711 g/mol. The Morgan fingerprint density at radius 2 is 1.83 bits per heavy atom. The Labute approximate surface area is 302 Å². The predicted molar refractivity (Wildman–Crippen MR) is 189 cm³/mol. The van der Waals surface area contributed by atoms with Gasteiger partial charge in [-0.2, -0.15) is 14.8 Å². The molecule has 280 valence electrons. The number of nitrogens with zero attached hydrogens (tertiary/aromatic N) is 9. The predicted octanol–water partition coefficient (Wildman–Crippen LogP) is -0.724. The molecule has 1 saturated carbocycles. The van der Waals surface area contributed by atoms with Crippen LogP contribution in [0.1, 0.15) is 36.3 Å². The molecule has 2 aromatic carbocycles. The lowest BCUT2D eigenvalue weighted by molar-refractivity contribution is 0.00469. The maximum Gasteiger partial charge on any atom is 0.319 e. The SMILES string of the molecule is NS(=O)(=O)c1cccc(NC(=O)N[C@@H]2CCN(c3nc(N[C@H](CO)Cc4ccccc4)c4ncn([C@@H]5C[C@H](n6nnc(CO)n6)[C@@H](O)[C@H]5O)c4n3)C2)c1. The van der Waals surface area contributed by atoms with Crippen LogP contribution in [0.3, 0.4) is 0 Å². The number of nitrogens with one attached hydrogen (secondary N) is 3. The van der Waals surface area contributed by atoms with Gasteiger partial charge in [-0.15, -0.1) is 10.2 Å². The number of aromatic nitrogens is 8. The average molecular weight is 750 g/mol. The van der Waals surface area contributed by atoms with E-state index in [9.17, 15) is 33.6 Å². The van der Waals surface area contributed by atoms with E-state index in [1.54, 1.807) is 10.6 Å². The van der Waals surface area contributed by atoms with Crippen molar-refractivity contribution in [3.05, 3.63) is 72.3 Å². The topological polar surface area (TPSA) is 285 Å². The maximum absolute atomic E-state index is 12.9. The van der Waals surface area contributed by atoms with Crippen LogP contribution >= 0.6 is 0 Å². The van der Waals surface area contributed by atoms with Crippen LogP contribution in [0.5, 0.6) is 0 Å². The zero-order chi connectivity index (χ0) is 37.3. The number of urea groups is 1. The zero-order valence-corrected chi connectivity index (χ0v) is 29.0. The number of rotatable bonds is 12. The van der Waals surface area contributed by atoms with E-state index in [1.807, 2.05) is 35.2 Å². The molecule has 1 aliphatic carbocycles. The van der Waals surface area contributed by atoms with E-state index in [0.717, 1.165) is 5.56 Å². The van der Waals surface area contributed by atoms with Crippen molar-refractivity contribution < 1.29 is 33.6 Å². The first kappa shape index (κ1) is 36.1. The monoisotopic (exact) mass is 749 g/mol. The minimum absolute atomic E-state index is 0.0809. The fourth-order valence-electron chi connectivity index (χ4n) is 6.76. The highest BCUT2D eigenvalue weighted by molar-refractivity contribution is 7.89. The van der Waals surface area contributed by atoms with Crippen LogP contribution < -0.4 is 26.0 Å². The Balaban J connectivity index is 1.15. The van der Waals surface area contributed by atoms with E-state index in [4.69, 9.17) is 15.1 Å². The molecule has 21 heteroatoms. The molecule has 6 atom stereocenters. The van der Waals surface area contributed by atoms with Crippen molar-refractivity contribution in [2.45, 2.75) is 67.1 Å². The third-order valence-corrected chi connectivity index (χ3v) is 10.3. The summed E-state index contributed by atoms with van der Waals surface area (Å²) in [6, 6.07) is 12.5. The number of aliphatic hydroxyl groups is 4. The number of aliphatic hydroxyl groups excluding tert-OH is 4. The van der Waals surface area contributed by atoms with Crippen molar-refractivity contribution in [1.82, 2.24) is 45.0 Å². The third-order valence-electron chi connectivity index (χ3n) is 9.41. The number of tetrazole rings is 1. The standard InChI is InChI=1S/C32H39N13O7S/c33-53(51,52)22-8-4-7-19(12-22)36-32(50)37-20-9-10-43(14-20)31-38-29(35-21(15-46)11-18-5-2-1-3-6-18)26-30(39-31)44(17-34-26)23-13-24(28(49)27(23)48)45-41-25(16-47)40-42-45/h1-8,12,17,20-21,23-24,27-28,46-49H,9-11,13-16H2,(H2,33,51,52)(H,35,38,39)(H2,36,37,50)/t20-,21+,23-,24+,27+,28-/m1/s1. The molecule has 5 aromatic rings. The quantitative estimate of drug-likeness (QED) is 0.0781. The summed E-state index contributed by atoms with van der Waals surface area (Å²) in [6.45, 7) is 0.158. The van der Waals surface area contributed by atoms with Gasteiger partial charge in [0.1, 0.15) is 24.9 Å². The fraction of sp³-hybridized carbons (Fsp3) is 0.406. The Morgan fingerprint density at radius 3 is 2.57 bits per heavy atom. The molecule has 0 bridgehead atoms. The molecule has 0 radical (unpaired) electrons. The molecule has 1 aliphatic heterocycles. The van der Waals surface area contributed by atoms with Crippen LogP contribution in [0.25, 0.3) is 11.2 Å². The number of nitrogens with two attached hydrogens (primary N) is 1. The second-order valence-electron chi connectivity index (χ2n) is 13.0. The van der Waals surface area contributed by atoms with Gasteiger partial charge in [-0.25, -0.2) is 23.3 Å². The van der Waals surface area contributed by atoms with E-state index in [1.165, 1.54) is 29.3 Å². The Kier molecular flexibility index (Phi) is 10.2. The number of carbonyl (C=O) groups is 1. The molecule has 2 aliphatic rings. The summed E-state index contributed by atoms with van der Waals surface area (Å²) in [4.78, 5) is 30.1. The lowest BCUT2D eigenvalue weighted by Gasteiger charge is -2.22. The number of amides is 2. The van der Waals surface area contributed by atoms with Gasteiger partial charge in [0, 0.05) is 24.8 Å². The normalized spacial score (nSPS) is 22.3. The average Bonchev–Trinajstić information content (AvgIpc) is 3.95. The number of benzene rings is 2. The number of anilines is 3. The van der Waals surface area contributed by atoms with Crippen LogP contribution in [-0.4, -0.2) is 119 Å². The first-order chi connectivity index (χ1) is 25.5. The van der Waals surface area contributed by atoms with Crippen LogP contribution in [0, 0.1) is 0 Å². The van der Waals surface area contributed by atoms with Crippen molar-refractivity contribution >= 4 is 44.7 Å². The highest BCUT2D eigenvalue weighted by Gasteiger charge is 2.45. The first-order valence-corrected chi connectivity index (χ1v) is 18.4. The van der Waals surface area contributed by atoms with Crippen molar-refractivity contribution in [3.63, 3.8) is 0 Å². The first-order valence-electron chi connectivity index (χ1n) is 16.9. The largest absolute Gasteiger partial charge is 0.394 e. The van der Waals surface area contributed by atoms with Gasteiger partial charge in [0.2, 0.25) is 16.0 Å². The number of primary sulfonamides is 1. The summed E-state index contributed by atoms with van der Waals surface area (Å²) in [5.74, 6) is 0.731. The molecule has 1 saturated heterocycles. The summed E-state index contributed by atoms with van der Waals surface area (Å²) in [5.41, 5.74) is 1.99. The second kappa shape index (κ2) is 15.0. The molecule has 9 N–H and O–H groups in total. The number of hydrogen-bond acceptors (Lipinski definition) is 15. The summed E-state index contributed by atoms with van der Waals surface area (Å²) in [6.07, 6.45) is 0.204. The Morgan fingerprint density at radius 1 is 1.04 bits per heavy atom. The molecule has 2 fully saturated rings. The van der Waals surface area contributed by atoms with Gasteiger partial charge in [-0.05, 0) is 48.2 Å². The number of sulfonamides is 1. The summed E-state index contributed by atoms with van der Waals surface area (Å²) < 4.78 is 25.2. The van der Waals surface area contributed by atoms with Gasteiger partial charge in [0.25, 0.3) is 0 Å². The molecule has 4 heterocycles. The minimum Gasteiger partial charge on any atom is -0.394 e. The second-order valence-corrected chi connectivity index (χ2v) is 14.6. The smallest absolute Gasteiger partial charge is 0.319 e. The van der Waals surface area contributed by atoms with Gasteiger partial charge >= 0.3 is 6.03 Å². The molecule has 3 aromatic heterocycles. The molecule has 0 spiro atoms. The number of hydrogen-bond donors (Lipinski definition) is 8. The van der Waals surface area contributed by atoms with Gasteiger partial charge in [0.15, 0.2) is 22.8 Å².